The average molecular weight is 178 g/mol. The fraction of sp³-hybridized carbons (Fsp3) is 0.545. The van der Waals surface area contributed by atoms with Crippen molar-refractivity contribution in [2.45, 2.75) is 26.2 Å². The molecule has 1 aromatic heterocycles. The molecule has 0 aliphatic carbocycles. The third kappa shape index (κ3) is 3.15. The van der Waals surface area contributed by atoms with E-state index >= 15 is 0 Å². The molecule has 1 heterocycles. The highest BCUT2D eigenvalue weighted by Crippen LogP contribution is 2.21. The van der Waals surface area contributed by atoms with Gasteiger partial charge < -0.3 is 5.73 Å². The van der Waals surface area contributed by atoms with Crippen LogP contribution in [0.1, 0.15) is 31.7 Å². The lowest BCUT2D eigenvalue weighted by molar-refractivity contribution is 0.504. The van der Waals surface area contributed by atoms with Gasteiger partial charge in [0.2, 0.25) is 0 Å². The van der Waals surface area contributed by atoms with Crippen molar-refractivity contribution in [1.29, 1.82) is 0 Å². The molecule has 0 saturated carbocycles. The zero-order valence-electron chi connectivity index (χ0n) is 8.40. The van der Waals surface area contributed by atoms with E-state index in [4.69, 9.17) is 5.73 Å². The van der Waals surface area contributed by atoms with E-state index in [9.17, 15) is 0 Å². The SMILES string of the molecule is CC(C)C[C@H](CN)c1ccncc1. The Bertz CT molecular complexity index is 231. The molecule has 2 heteroatoms. The Hall–Kier alpha value is -0.890. The minimum absolute atomic E-state index is 0.489. The van der Waals surface area contributed by atoms with E-state index in [0.717, 1.165) is 13.0 Å². The molecule has 2 nitrogen and oxygen atoms in total. The van der Waals surface area contributed by atoms with Gasteiger partial charge in [0.15, 0.2) is 0 Å². The summed E-state index contributed by atoms with van der Waals surface area (Å²) in [5.41, 5.74) is 7.04. The number of nitrogens with two attached hydrogens (primary N) is 1. The van der Waals surface area contributed by atoms with Crippen molar-refractivity contribution in [2.24, 2.45) is 11.7 Å². The van der Waals surface area contributed by atoms with Crippen LogP contribution in [-0.2, 0) is 0 Å². The Morgan fingerprint density at radius 1 is 1.31 bits per heavy atom. The lowest BCUT2D eigenvalue weighted by Crippen LogP contribution is -2.14. The Kier molecular flexibility index (Phi) is 3.90. The van der Waals surface area contributed by atoms with Crippen LogP contribution in [0.15, 0.2) is 24.5 Å². The fourth-order valence-corrected chi connectivity index (χ4v) is 1.57. The summed E-state index contributed by atoms with van der Waals surface area (Å²) in [6, 6.07) is 4.11. The van der Waals surface area contributed by atoms with Crippen molar-refractivity contribution in [3.8, 4) is 0 Å². The minimum Gasteiger partial charge on any atom is -0.330 e. The third-order valence-corrected chi connectivity index (χ3v) is 2.22. The van der Waals surface area contributed by atoms with Gasteiger partial charge in [-0.2, -0.15) is 0 Å². The molecule has 1 atom stereocenters. The number of pyridine rings is 1. The standard InChI is InChI=1S/C11H18N2/c1-9(2)7-11(8-12)10-3-5-13-6-4-10/h3-6,9,11H,7-8,12H2,1-2H3/t11-/m1/s1. The summed E-state index contributed by atoms with van der Waals surface area (Å²) < 4.78 is 0. The minimum atomic E-state index is 0.489. The van der Waals surface area contributed by atoms with Crippen molar-refractivity contribution in [1.82, 2.24) is 4.98 Å². The van der Waals surface area contributed by atoms with Gasteiger partial charge in [-0.25, -0.2) is 0 Å². The molecule has 13 heavy (non-hydrogen) atoms. The van der Waals surface area contributed by atoms with E-state index < -0.39 is 0 Å². The normalized spacial score (nSPS) is 13.2. The molecule has 72 valence electrons. The molecule has 0 saturated heterocycles. The van der Waals surface area contributed by atoms with Crippen molar-refractivity contribution in [3.05, 3.63) is 30.1 Å². The molecule has 1 aromatic rings. The lowest BCUT2D eigenvalue weighted by Gasteiger charge is -2.16. The van der Waals surface area contributed by atoms with Crippen LogP contribution in [0.5, 0.6) is 0 Å². The zero-order chi connectivity index (χ0) is 9.68. The van der Waals surface area contributed by atoms with Gasteiger partial charge in [-0.05, 0) is 42.5 Å². The maximum Gasteiger partial charge on any atom is 0.0270 e. The summed E-state index contributed by atoms with van der Waals surface area (Å²) in [6.07, 6.45) is 4.82. The second-order valence-corrected chi connectivity index (χ2v) is 3.84. The van der Waals surface area contributed by atoms with Crippen molar-refractivity contribution in [2.75, 3.05) is 6.54 Å². The molecule has 0 spiro atoms. The van der Waals surface area contributed by atoms with Crippen LogP contribution in [-0.4, -0.2) is 11.5 Å². The number of hydrogen-bond donors (Lipinski definition) is 1. The maximum absolute atomic E-state index is 5.73. The smallest absolute Gasteiger partial charge is 0.0270 e. The number of rotatable bonds is 4. The van der Waals surface area contributed by atoms with Crippen LogP contribution in [0.2, 0.25) is 0 Å². The topological polar surface area (TPSA) is 38.9 Å². The molecular formula is C11H18N2. The van der Waals surface area contributed by atoms with Crippen LogP contribution in [0.25, 0.3) is 0 Å². The van der Waals surface area contributed by atoms with Gasteiger partial charge in [-0.15, -0.1) is 0 Å². The summed E-state index contributed by atoms with van der Waals surface area (Å²) in [5, 5.41) is 0. The molecule has 1 rings (SSSR count). The van der Waals surface area contributed by atoms with E-state index in [2.05, 4.69) is 31.0 Å². The van der Waals surface area contributed by atoms with Gasteiger partial charge in [-0.3, -0.25) is 4.98 Å². The first-order chi connectivity index (χ1) is 6.24. The highest BCUT2D eigenvalue weighted by molar-refractivity contribution is 5.16. The molecular weight excluding hydrogens is 160 g/mol. The van der Waals surface area contributed by atoms with Crippen LogP contribution in [0.4, 0.5) is 0 Å². The molecule has 0 aliphatic heterocycles. The van der Waals surface area contributed by atoms with E-state index in [1.54, 1.807) is 0 Å². The van der Waals surface area contributed by atoms with Crippen LogP contribution >= 0.6 is 0 Å². The Morgan fingerprint density at radius 2 is 1.92 bits per heavy atom. The summed E-state index contributed by atoms with van der Waals surface area (Å²) in [5.74, 6) is 1.18. The van der Waals surface area contributed by atoms with Gasteiger partial charge in [-0.1, -0.05) is 13.8 Å². The van der Waals surface area contributed by atoms with Crippen LogP contribution in [0, 0.1) is 5.92 Å². The fourth-order valence-electron chi connectivity index (χ4n) is 1.57. The summed E-state index contributed by atoms with van der Waals surface area (Å²) in [7, 11) is 0. The average Bonchev–Trinajstić information content (AvgIpc) is 2.15. The number of hydrogen-bond acceptors (Lipinski definition) is 2. The molecule has 0 radical (unpaired) electrons. The molecule has 0 bridgehead atoms. The summed E-state index contributed by atoms with van der Waals surface area (Å²) >= 11 is 0. The van der Waals surface area contributed by atoms with Gasteiger partial charge in [0.1, 0.15) is 0 Å². The Balaban J connectivity index is 2.67. The van der Waals surface area contributed by atoms with Crippen molar-refractivity contribution < 1.29 is 0 Å². The molecule has 0 amide bonds. The first-order valence-electron chi connectivity index (χ1n) is 4.84. The highest BCUT2D eigenvalue weighted by Gasteiger charge is 2.10. The van der Waals surface area contributed by atoms with Crippen molar-refractivity contribution >= 4 is 0 Å². The Morgan fingerprint density at radius 3 is 2.38 bits per heavy atom. The Labute approximate surface area is 80.2 Å². The lowest BCUT2D eigenvalue weighted by atomic mass is 9.91. The monoisotopic (exact) mass is 178 g/mol. The van der Waals surface area contributed by atoms with E-state index in [0.29, 0.717) is 11.8 Å². The van der Waals surface area contributed by atoms with Gasteiger partial charge in [0.25, 0.3) is 0 Å². The van der Waals surface area contributed by atoms with Crippen molar-refractivity contribution in [3.63, 3.8) is 0 Å². The quantitative estimate of drug-likeness (QED) is 0.767. The summed E-state index contributed by atoms with van der Waals surface area (Å²) in [4.78, 5) is 4.00. The second kappa shape index (κ2) is 4.97. The maximum atomic E-state index is 5.73. The third-order valence-electron chi connectivity index (χ3n) is 2.22. The molecule has 0 fully saturated rings. The van der Waals surface area contributed by atoms with Crippen LogP contribution < -0.4 is 5.73 Å². The number of nitrogens with zero attached hydrogens (tertiary/aromatic N) is 1. The van der Waals surface area contributed by atoms with E-state index in [-0.39, 0.29) is 0 Å². The molecule has 0 unspecified atom stereocenters. The van der Waals surface area contributed by atoms with Gasteiger partial charge >= 0.3 is 0 Å². The predicted molar refractivity (Wildman–Crippen MR) is 55.5 cm³/mol. The van der Waals surface area contributed by atoms with E-state index in [1.165, 1.54) is 5.56 Å². The molecule has 2 N–H and O–H groups in total. The van der Waals surface area contributed by atoms with Gasteiger partial charge in [0.05, 0.1) is 0 Å². The van der Waals surface area contributed by atoms with Gasteiger partial charge in [0, 0.05) is 12.4 Å². The zero-order valence-corrected chi connectivity index (χ0v) is 8.40. The highest BCUT2D eigenvalue weighted by atomic mass is 14.6. The van der Waals surface area contributed by atoms with E-state index in [1.807, 2.05) is 12.4 Å². The van der Waals surface area contributed by atoms with Crippen LogP contribution in [0.3, 0.4) is 0 Å². The molecule has 0 aliphatic rings. The first kappa shape index (κ1) is 10.2. The predicted octanol–water partition coefficient (Wildman–Crippen LogP) is 2.17. The molecule has 0 aromatic carbocycles. The largest absolute Gasteiger partial charge is 0.330 e. The summed E-state index contributed by atoms with van der Waals surface area (Å²) in [6.45, 7) is 5.18. The first-order valence-corrected chi connectivity index (χ1v) is 4.84. The number of aromatic nitrogens is 1. The second-order valence-electron chi connectivity index (χ2n) is 3.84.